The fourth-order valence-corrected chi connectivity index (χ4v) is 9.62. The third kappa shape index (κ3) is 4.49. The van der Waals surface area contributed by atoms with Gasteiger partial charge in [-0.25, -0.2) is 4.98 Å². The smallest absolute Gasteiger partial charge is 0.238 e. The molecule has 2 aliphatic rings. The number of hydrogen-bond donors (Lipinski definition) is 0. The van der Waals surface area contributed by atoms with Gasteiger partial charge < -0.3 is 0 Å². The molecule has 9 aromatic rings. The number of hydrogen-bond acceptors (Lipinski definition) is 3. The first-order chi connectivity index (χ1) is 26.8. The lowest BCUT2D eigenvalue weighted by molar-refractivity contribution is 0.660. The van der Waals surface area contributed by atoms with Crippen LogP contribution in [0, 0.1) is 0 Å². The van der Waals surface area contributed by atoms with E-state index >= 15 is 0 Å². The number of nitrogens with zero attached hydrogens (tertiary/aromatic N) is 4. The maximum Gasteiger partial charge on any atom is 0.238 e. The lowest BCUT2D eigenvalue weighted by Crippen LogP contribution is -2.17. The van der Waals surface area contributed by atoms with Crippen LogP contribution in [0.1, 0.15) is 49.9 Å². The van der Waals surface area contributed by atoms with Crippen LogP contribution in [0.25, 0.3) is 83.9 Å². The number of para-hydroxylation sites is 1. The van der Waals surface area contributed by atoms with Crippen LogP contribution in [0.2, 0.25) is 0 Å². The number of benzene rings is 7. The van der Waals surface area contributed by atoms with E-state index in [-0.39, 0.29) is 10.8 Å². The van der Waals surface area contributed by atoms with Crippen molar-refractivity contribution < 1.29 is 0 Å². The zero-order chi connectivity index (χ0) is 37.1. The van der Waals surface area contributed by atoms with E-state index in [1.165, 1.54) is 60.8 Å². The van der Waals surface area contributed by atoms with E-state index in [1.54, 1.807) is 0 Å². The minimum atomic E-state index is -0.237. The van der Waals surface area contributed by atoms with Crippen molar-refractivity contribution in [1.82, 2.24) is 19.5 Å². The monoisotopic (exact) mass is 706 g/mol. The Hall–Kier alpha value is -6.65. The molecule has 11 rings (SSSR count). The molecule has 2 aliphatic carbocycles. The summed E-state index contributed by atoms with van der Waals surface area (Å²) >= 11 is 0. The van der Waals surface area contributed by atoms with Gasteiger partial charge in [-0.15, -0.1) is 0 Å². The minimum Gasteiger partial charge on any atom is -0.277 e. The molecule has 0 spiro atoms. The van der Waals surface area contributed by atoms with Crippen LogP contribution in [-0.2, 0) is 10.8 Å². The van der Waals surface area contributed by atoms with Crippen molar-refractivity contribution in [3.63, 3.8) is 0 Å². The maximum atomic E-state index is 5.50. The van der Waals surface area contributed by atoms with Crippen molar-refractivity contribution in [2.45, 2.75) is 38.5 Å². The Labute approximate surface area is 320 Å². The van der Waals surface area contributed by atoms with Gasteiger partial charge in [-0.05, 0) is 61.7 Å². The predicted molar refractivity (Wildman–Crippen MR) is 226 cm³/mol. The second-order valence-corrected chi connectivity index (χ2v) is 16.0. The Morgan fingerprint density at radius 2 is 1.00 bits per heavy atom. The average Bonchev–Trinajstić information content (AvgIpc) is 3.78. The largest absolute Gasteiger partial charge is 0.277 e. The second kappa shape index (κ2) is 11.4. The van der Waals surface area contributed by atoms with Crippen molar-refractivity contribution in [2.75, 3.05) is 0 Å². The maximum absolute atomic E-state index is 5.50. The summed E-state index contributed by atoms with van der Waals surface area (Å²) in [5, 5.41) is 2.38. The van der Waals surface area contributed by atoms with Crippen LogP contribution >= 0.6 is 0 Å². The Morgan fingerprint density at radius 3 is 1.80 bits per heavy atom. The van der Waals surface area contributed by atoms with Gasteiger partial charge in [0.15, 0.2) is 11.6 Å². The molecule has 0 bridgehead atoms. The van der Waals surface area contributed by atoms with Crippen LogP contribution in [-0.4, -0.2) is 19.5 Å². The molecule has 0 saturated heterocycles. The fourth-order valence-electron chi connectivity index (χ4n) is 9.62. The van der Waals surface area contributed by atoms with Crippen LogP contribution in [0.15, 0.2) is 158 Å². The summed E-state index contributed by atoms with van der Waals surface area (Å²) in [6, 6.07) is 56.6. The molecule has 0 aliphatic heterocycles. The first kappa shape index (κ1) is 31.8. The summed E-state index contributed by atoms with van der Waals surface area (Å²) in [5.74, 6) is 1.92. The summed E-state index contributed by atoms with van der Waals surface area (Å²) in [6.45, 7) is 9.34. The first-order valence-corrected chi connectivity index (χ1v) is 19.1. The molecular formula is C51H38N4. The van der Waals surface area contributed by atoms with E-state index in [9.17, 15) is 0 Å². The Kier molecular flexibility index (Phi) is 6.61. The lowest BCUT2D eigenvalue weighted by Gasteiger charge is -2.23. The van der Waals surface area contributed by atoms with Gasteiger partial charge in [0.25, 0.3) is 0 Å². The molecule has 0 atom stereocenters. The van der Waals surface area contributed by atoms with Crippen molar-refractivity contribution in [2.24, 2.45) is 0 Å². The molecule has 0 saturated carbocycles. The zero-order valence-electron chi connectivity index (χ0n) is 31.3. The predicted octanol–water partition coefficient (Wildman–Crippen LogP) is 12.6. The highest BCUT2D eigenvalue weighted by atomic mass is 15.2. The van der Waals surface area contributed by atoms with Crippen molar-refractivity contribution in [1.29, 1.82) is 0 Å². The molecule has 0 N–H and O–H groups in total. The molecule has 7 aromatic carbocycles. The molecule has 0 radical (unpaired) electrons. The fraction of sp³-hybridized carbons (Fsp3) is 0.118. The molecule has 0 amide bonds. The molecule has 4 heteroatoms. The highest BCUT2D eigenvalue weighted by molar-refractivity contribution is 6.13. The van der Waals surface area contributed by atoms with Gasteiger partial charge in [0, 0.05) is 32.7 Å². The molecule has 2 aromatic heterocycles. The van der Waals surface area contributed by atoms with Crippen LogP contribution in [0.4, 0.5) is 0 Å². The molecule has 2 heterocycles. The molecule has 55 heavy (non-hydrogen) atoms. The molecular weight excluding hydrogens is 669 g/mol. The van der Waals surface area contributed by atoms with Gasteiger partial charge in [-0.1, -0.05) is 179 Å². The number of fused-ring (bicyclic) bond motifs is 10. The summed E-state index contributed by atoms with van der Waals surface area (Å²) in [5.41, 5.74) is 16.4. The normalized spacial score (nSPS) is 14.5. The summed E-state index contributed by atoms with van der Waals surface area (Å²) in [7, 11) is 0. The van der Waals surface area contributed by atoms with Gasteiger partial charge in [0.05, 0.1) is 11.0 Å². The highest BCUT2D eigenvalue weighted by Crippen LogP contribution is 2.54. The van der Waals surface area contributed by atoms with E-state index in [1.807, 2.05) is 0 Å². The van der Waals surface area contributed by atoms with Gasteiger partial charge in [-0.2, -0.15) is 9.97 Å². The van der Waals surface area contributed by atoms with Crippen molar-refractivity contribution in [3.8, 4) is 62.1 Å². The van der Waals surface area contributed by atoms with E-state index in [0.717, 1.165) is 27.7 Å². The van der Waals surface area contributed by atoms with E-state index in [0.29, 0.717) is 17.6 Å². The highest BCUT2D eigenvalue weighted by Gasteiger charge is 2.40. The summed E-state index contributed by atoms with van der Waals surface area (Å²) in [4.78, 5) is 16.2. The van der Waals surface area contributed by atoms with Gasteiger partial charge in [0.2, 0.25) is 5.95 Å². The zero-order valence-corrected chi connectivity index (χ0v) is 31.3. The topological polar surface area (TPSA) is 43.6 Å². The lowest BCUT2D eigenvalue weighted by atomic mass is 9.81. The Morgan fingerprint density at radius 1 is 0.400 bits per heavy atom. The molecule has 0 fully saturated rings. The van der Waals surface area contributed by atoms with Crippen LogP contribution < -0.4 is 0 Å². The molecule has 262 valence electrons. The Balaban J connectivity index is 1.22. The molecule has 0 unspecified atom stereocenters. The standard InChI is InChI=1S/C51H38N4/c1-50(2)41-22-12-9-19-38(41)44-39(20-14-23-42(44)50)48-52-47(33-27-25-32(26-28-33)31-15-6-5-7-16-31)53-49(54-48)55-43-24-13-10-18-35(43)37-30-29-36-34-17-8-11-21-40(34)51(3,4)45(36)46(37)55/h5-30H,1-4H3. The summed E-state index contributed by atoms with van der Waals surface area (Å²) < 4.78 is 2.31. The second-order valence-electron chi connectivity index (χ2n) is 16.0. The third-order valence-electron chi connectivity index (χ3n) is 12.3. The van der Waals surface area contributed by atoms with E-state index < -0.39 is 0 Å². The van der Waals surface area contributed by atoms with E-state index in [4.69, 9.17) is 15.0 Å². The number of rotatable bonds is 4. The Bertz CT molecular complexity index is 3020. The first-order valence-electron chi connectivity index (χ1n) is 19.1. The van der Waals surface area contributed by atoms with Gasteiger partial charge in [0.1, 0.15) is 0 Å². The minimum absolute atomic E-state index is 0.151. The third-order valence-corrected chi connectivity index (χ3v) is 12.3. The average molecular weight is 707 g/mol. The van der Waals surface area contributed by atoms with Crippen LogP contribution in [0.3, 0.4) is 0 Å². The van der Waals surface area contributed by atoms with Gasteiger partial charge in [-0.3, -0.25) is 4.57 Å². The quantitative estimate of drug-likeness (QED) is 0.183. The van der Waals surface area contributed by atoms with Crippen molar-refractivity contribution in [3.05, 3.63) is 180 Å². The van der Waals surface area contributed by atoms with Gasteiger partial charge >= 0.3 is 0 Å². The summed E-state index contributed by atoms with van der Waals surface area (Å²) in [6.07, 6.45) is 0. The number of aromatic nitrogens is 4. The SMILES string of the molecule is CC1(C)c2ccccc2-c2c(-c3nc(-c4ccc(-c5ccccc5)cc4)nc(-n4c5ccccc5c5ccc6c(c54)C(C)(C)c4ccccc4-6)n3)cccc21. The van der Waals surface area contributed by atoms with Crippen molar-refractivity contribution >= 4 is 21.8 Å². The van der Waals surface area contributed by atoms with E-state index in [2.05, 4.69) is 190 Å². The molecule has 4 nitrogen and oxygen atoms in total. The van der Waals surface area contributed by atoms with Crippen LogP contribution in [0.5, 0.6) is 0 Å².